The highest BCUT2D eigenvalue weighted by atomic mass is 35.5. The highest BCUT2D eigenvalue weighted by molar-refractivity contribution is 7.90. The zero-order chi connectivity index (χ0) is 16.6. The molecule has 0 aromatic carbocycles. The van der Waals surface area contributed by atoms with Crippen LogP contribution >= 0.6 is 22.9 Å². The number of hydrogen-bond acceptors (Lipinski definition) is 4. The molecule has 1 rings (SSSR count). The molecule has 2 N–H and O–H groups in total. The van der Waals surface area contributed by atoms with Crippen LogP contribution in [0.3, 0.4) is 0 Å². The summed E-state index contributed by atoms with van der Waals surface area (Å²) in [6.45, 7) is 5.37. The molecule has 0 fully saturated rings. The topological polar surface area (TPSA) is 70.6 Å². The van der Waals surface area contributed by atoms with Gasteiger partial charge in [-0.2, -0.15) is 0 Å². The molecule has 0 amide bonds. The van der Waals surface area contributed by atoms with Crippen molar-refractivity contribution in [1.29, 1.82) is 0 Å². The van der Waals surface area contributed by atoms with Crippen LogP contribution in [-0.2, 0) is 16.3 Å². The first-order valence-corrected chi connectivity index (χ1v) is 10.5. The van der Waals surface area contributed by atoms with E-state index in [1.165, 1.54) is 11.1 Å². The van der Waals surface area contributed by atoms with Gasteiger partial charge >= 0.3 is 0 Å². The van der Waals surface area contributed by atoms with Crippen molar-refractivity contribution in [2.75, 3.05) is 25.1 Å². The SMILES string of the molecule is CCNC(=NCCc1ccc(Cl)s1)NC(C)CCS(C)(=O)=O. The highest BCUT2D eigenvalue weighted by Gasteiger charge is 2.09. The van der Waals surface area contributed by atoms with Gasteiger partial charge in [-0.3, -0.25) is 4.99 Å². The van der Waals surface area contributed by atoms with E-state index in [2.05, 4.69) is 15.6 Å². The van der Waals surface area contributed by atoms with Crippen LogP contribution in [-0.4, -0.2) is 45.5 Å². The Hall–Kier alpha value is -0.790. The zero-order valence-corrected chi connectivity index (χ0v) is 15.6. The lowest BCUT2D eigenvalue weighted by Gasteiger charge is -2.17. The summed E-state index contributed by atoms with van der Waals surface area (Å²) in [5.74, 6) is 0.889. The first-order valence-electron chi connectivity index (χ1n) is 7.27. The number of thiophene rings is 1. The molecule has 8 heteroatoms. The number of hydrogen-bond donors (Lipinski definition) is 2. The predicted molar refractivity (Wildman–Crippen MR) is 95.9 cm³/mol. The molecule has 1 aromatic heterocycles. The van der Waals surface area contributed by atoms with Gasteiger partial charge in [-0.15, -0.1) is 11.3 Å². The third kappa shape index (κ3) is 8.60. The van der Waals surface area contributed by atoms with Gasteiger partial charge in [0, 0.05) is 36.7 Å². The largest absolute Gasteiger partial charge is 0.357 e. The second-order valence-electron chi connectivity index (χ2n) is 5.18. The Bertz CT molecular complexity index is 585. The average molecular weight is 366 g/mol. The molecule has 22 heavy (non-hydrogen) atoms. The van der Waals surface area contributed by atoms with Crippen LogP contribution in [0, 0.1) is 0 Å². The molecule has 0 spiro atoms. The molecule has 0 aliphatic rings. The molecular weight excluding hydrogens is 342 g/mol. The molecule has 1 heterocycles. The van der Waals surface area contributed by atoms with Gasteiger partial charge in [0.15, 0.2) is 5.96 Å². The Balaban J connectivity index is 2.47. The number of nitrogens with one attached hydrogen (secondary N) is 2. The maximum Gasteiger partial charge on any atom is 0.191 e. The van der Waals surface area contributed by atoms with E-state index in [-0.39, 0.29) is 11.8 Å². The smallest absolute Gasteiger partial charge is 0.191 e. The van der Waals surface area contributed by atoms with Gasteiger partial charge in [0.05, 0.1) is 10.1 Å². The molecule has 1 unspecified atom stereocenters. The van der Waals surface area contributed by atoms with Crippen LogP contribution in [0.5, 0.6) is 0 Å². The lowest BCUT2D eigenvalue weighted by Crippen LogP contribution is -2.43. The summed E-state index contributed by atoms with van der Waals surface area (Å²) in [4.78, 5) is 5.71. The van der Waals surface area contributed by atoms with Crippen molar-refractivity contribution in [3.05, 3.63) is 21.3 Å². The normalized spacial score (nSPS) is 13.9. The number of halogens is 1. The van der Waals surface area contributed by atoms with Crippen LogP contribution < -0.4 is 10.6 Å². The third-order valence-corrected chi connectivity index (χ3v) is 5.17. The van der Waals surface area contributed by atoms with Crippen molar-refractivity contribution in [2.45, 2.75) is 32.7 Å². The molecular formula is C14H24ClN3O2S2. The highest BCUT2D eigenvalue weighted by Crippen LogP contribution is 2.21. The van der Waals surface area contributed by atoms with E-state index in [0.29, 0.717) is 18.9 Å². The van der Waals surface area contributed by atoms with E-state index in [9.17, 15) is 8.42 Å². The van der Waals surface area contributed by atoms with Crippen molar-refractivity contribution in [3.63, 3.8) is 0 Å². The summed E-state index contributed by atoms with van der Waals surface area (Å²) >= 11 is 7.47. The molecule has 126 valence electrons. The molecule has 0 saturated carbocycles. The minimum Gasteiger partial charge on any atom is -0.357 e. The quantitative estimate of drug-likeness (QED) is 0.548. The lowest BCUT2D eigenvalue weighted by molar-refractivity contribution is 0.581. The second kappa shape index (κ2) is 9.37. The van der Waals surface area contributed by atoms with Gasteiger partial charge < -0.3 is 10.6 Å². The van der Waals surface area contributed by atoms with Gasteiger partial charge in [0.1, 0.15) is 9.84 Å². The van der Waals surface area contributed by atoms with Crippen LogP contribution in [0.2, 0.25) is 4.34 Å². The molecule has 0 aliphatic carbocycles. The Kier molecular flexibility index (Phi) is 8.20. The Morgan fingerprint density at radius 3 is 2.73 bits per heavy atom. The van der Waals surface area contributed by atoms with Crippen molar-refractivity contribution in [3.8, 4) is 0 Å². The van der Waals surface area contributed by atoms with Crippen LogP contribution in [0.15, 0.2) is 17.1 Å². The number of sulfone groups is 1. The molecule has 0 saturated heterocycles. The monoisotopic (exact) mass is 365 g/mol. The first kappa shape index (κ1) is 19.3. The summed E-state index contributed by atoms with van der Waals surface area (Å²) in [6.07, 6.45) is 2.65. The van der Waals surface area contributed by atoms with Crippen molar-refractivity contribution >= 4 is 38.7 Å². The fraction of sp³-hybridized carbons (Fsp3) is 0.643. The summed E-state index contributed by atoms with van der Waals surface area (Å²) in [6, 6.07) is 3.95. The van der Waals surface area contributed by atoms with Crippen LogP contribution in [0.25, 0.3) is 0 Å². The Morgan fingerprint density at radius 2 is 2.18 bits per heavy atom. The number of aliphatic imine (C=N–C) groups is 1. The molecule has 0 bridgehead atoms. The van der Waals surface area contributed by atoms with E-state index in [4.69, 9.17) is 11.6 Å². The Morgan fingerprint density at radius 1 is 1.45 bits per heavy atom. The van der Waals surface area contributed by atoms with Crippen LogP contribution in [0.4, 0.5) is 0 Å². The fourth-order valence-electron chi connectivity index (χ4n) is 1.78. The summed E-state index contributed by atoms with van der Waals surface area (Å²) in [5, 5.41) is 6.40. The number of rotatable bonds is 8. The molecule has 0 radical (unpaired) electrons. The van der Waals surface area contributed by atoms with E-state index in [0.717, 1.165) is 17.3 Å². The molecule has 1 aromatic rings. The Labute approximate surface area is 142 Å². The zero-order valence-electron chi connectivity index (χ0n) is 13.2. The van der Waals surface area contributed by atoms with Gasteiger partial charge in [0.2, 0.25) is 0 Å². The molecule has 1 atom stereocenters. The first-order chi connectivity index (χ1) is 10.3. The molecule has 5 nitrogen and oxygen atoms in total. The number of guanidine groups is 1. The number of nitrogens with zero attached hydrogens (tertiary/aromatic N) is 1. The van der Waals surface area contributed by atoms with Crippen molar-refractivity contribution in [2.24, 2.45) is 4.99 Å². The van der Waals surface area contributed by atoms with Crippen molar-refractivity contribution in [1.82, 2.24) is 10.6 Å². The van der Waals surface area contributed by atoms with E-state index >= 15 is 0 Å². The molecule has 0 aliphatic heterocycles. The fourth-order valence-corrected chi connectivity index (χ4v) is 3.64. The van der Waals surface area contributed by atoms with E-state index in [1.54, 1.807) is 11.3 Å². The second-order valence-corrected chi connectivity index (χ2v) is 9.24. The van der Waals surface area contributed by atoms with E-state index in [1.807, 2.05) is 26.0 Å². The van der Waals surface area contributed by atoms with E-state index < -0.39 is 9.84 Å². The standard InChI is InChI=1S/C14H24ClN3O2S2/c1-4-16-14(18-11(2)8-10-22(3,19)20)17-9-7-12-5-6-13(15)21-12/h5-6,11H,4,7-10H2,1-3H3,(H2,16,17,18). The maximum absolute atomic E-state index is 11.2. The van der Waals surface area contributed by atoms with Crippen LogP contribution in [0.1, 0.15) is 25.1 Å². The van der Waals surface area contributed by atoms with Gasteiger partial charge in [-0.25, -0.2) is 8.42 Å². The van der Waals surface area contributed by atoms with Gasteiger partial charge in [-0.05, 0) is 32.4 Å². The maximum atomic E-state index is 11.2. The summed E-state index contributed by atoms with van der Waals surface area (Å²) < 4.78 is 23.2. The minimum atomic E-state index is -2.93. The third-order valence-electron chi connectivity index (χ3n) is 2.91. The van der Waals surface area contributed by atoms with Gasteiger partial charge in [-0.1, -0.05) is 11.6 Å². The minimum absolute atomic E-state index is 0.0451. The lowest BCUT2D eigenvalue weighted by atomic mass is 10.3. The van der Waals surface area contributed by atoms with Crippen molar-refractivity contribution < 1.29 is 8.42 Å². The average Bonchev–Trinajstić information content (AvgIpc) is 2.81. The van der Waals surface area contributed by atoms with Gasteiger partial charge in [0.25, 0.3) is 0 Å². The predicted octanol–water partition coefficient (Wildman–Crippen LogP) is 2.32. The summed E-state index contributed by atoms with van der Waals surface area (Å²) in [5.41, 5.74) is 0. The summed E-state index contributed by atoms with van der Waals surface area (Å²) in [7, 11) is -2.93.